The molecule has 0 N–H and O–H groups in total. The van der Waals surface area contributed by atoms with Crippen LogP contribution < -0.4 is 5.56 Å². The molecule has 1 aromatic rings. The molecule has 0 fully saturated rings. The van der Waals surface area contributed by atoms with Crippen molar-refractivity contribution in [2.75, 3.05) is 0 Å². The Hall–Kier alpha value is -1.12. The fourth-order valence-corrected chi connectivity index (χ4v) is 0.880. The van der Waals surface area contributed by atoms with Crippen molar-refractivity contribution in [1.29, 1.82) is 0 Å². The van der Waals surface area contributed by atoms with E-state index in [1.54, 1.807) is 19.3 Å². The van der Waals surface area contributed by atoms with Gasteiger partial charge in [0.15, 0.2) is 0 Å². The third-order valence-electron chi connectivity index (χ3n) is 1.83. The molecule has 0 amide bonds. The summed E-state index contributed by atoms with van der Waals surface area (Å²) in [5, 5.41) is 3.95. The van der Waals surface area contributed by atoms with Gasteiger partial charge >= 0.3 is 0 Å². The van der Waals surface area contributed by atoms with E-state index in [9.17, 15) is 4.79 Å². The minimum atomic E-state index is -0.0533. The molecule has 12 heavy (non-hydrogen) atoms. The molecule has 0 saturated carbocycles. The van der Waals surface area contributed by atoms with Crippen molar-refractivity contribution < 1.29 is 0 Å². The number of aryl methyl sites for hydroxylation is 1. The van der Waals surface area contributed by atoms with E-state index >= 15 is 0 Å². The maximum Gasteiger partial charge on any atom is 0.266 e. The van der Waals surface area contributed by atoms with Gasteiger partial charge < -0.3 is 0 Å². The highest BCUT2D eigenvalue weighted by Crippen LogP contribution is 2.18. The Morgan fingerprint density at radius 1 is 1.42 bits per heavy atom. The van der Waals surface area contributed by atoms with Crippen LogP contribution in [0.15, 0.2) is 17.1 Å². The number of hydrogen-bond acceptors (Lipinski definition) is 2. The number of nitrogens with zero attached hydrogens (tertiary/aromatic N) is 2. The number of rotatable bonds is 0. The van der Waals surface area contributed by atoms with Crippen molar-refractivity contribution in [1.82, 2.24) is 9.78 Å². The molecule has 66 valence electrons. The van der Waals surface area contributed by atoms with Crippen LogP contribution in [0.1, 0.15) is 26.3 Å². The average Bonchev–Trinajstić information content (AvgIpc) is 1.92. The lowest BCUT2D eigenvalue weighted by Gasteiger charge is -2.17. The summed E-state index contributed by atoms with van der Waals surface area (Å²) >= 11 is 0. The molecule has 0 aromatic carbocycles. The minimum absolute atomic E-state index is 0.000417. The highest BCUT2D eigenvalue weighted by Gasteiger charge is 2.14. The zero-order valence-corrected chi connectivity index (χ0v) is 7.96. The van der Waals surface area contributed by atoms with Crippen LogP contribution in [-0.2, 0) is 12.5 Å². The summed E-state index contributed by atoms with van der Waals surface area (Å²) in [5.41, 5.74) is 0.925. The lowest BCUT2D eigenvalue weighted by atomic mass is 9.89. The predicted octanol–water partition coefficient (Wildman–Crippen LogP) is 1.08. The largest absolute Gasteiger partial charge is 0.268 e. The second-order valence-electron chi connectivity index (χ2n) is 3.96. The van der Waals surface area contributed by atoms with Crippen molar-refractivity contribution >= 4 is 0 Å². The molecular formula is C9H14N2O. The molecule has 0 spiro atoms. The Balaban J connectivity index is 3.23. The zero-order valence-electron chi connectivity index (χ0n) is 7.96. The zero-order chi connectivity index (χ0) is 9.35. The summed E-state index contributed by atoms with van der Waals surface area (Å²) in [6, 6.07) is 1.63. The van der Waals surface area contributed by atoms with Gasteiger partial charge in [-0.15, -0.1) is 0 Å². The molecule has 0 bridgehead atoms. The first-order valence-electron chi connectivity index (χ1n) is 3.95. The molecule has 1 aromatic heterocycles. The maximum atomic E-state index is 11.2. The predicted molar refractivity (Wildman–Crippen MR) is 48.2 cm³/mol. The van der Waals surface area contributed by atoms with E-state index in [0.29, 0.717) is 0 Å². The van der Waals surface area contributed by atoms with Gasteiger partial charge in [-0.2, -0.15) is 5.10 Å². The molecule has 0 aliphatic rings. The molecule has 0 atom stereocenters. The van der Waals surface area contributed by atoms with E-state index in [1.807, 2.05) is 0 Å². The highest BCUT2D eigenvalue weighted by molar-refractivity contribution is 5.16. The van der Waals surface area contributed by atoms with E-state index in [1.165, 1.54) is 4.68 Å². The van der Waals surface area contributed by atoms with Gasteiger partial charge in [-0.1, -0.05) is 20.8 Å². The molecule has 0 saturated heterocycles. The first-order valence-corrected chi connectivity index (χ1v) is 3.95. The van der Waals surface area contributed by atoms with E-state index in [4.69, 9.17) is 0 Å². The van der Waals surface area contributed by atoms with Crippen LogP contribution in [0.2, 0.25) is 0 Å². The first-order chi connectivity index (χ1) is 5.41. The fraction of sp³-hybridized carbons (Fsp3) is 0.556. The van der Waals surface area contributed by atoms with Gasteiger partial charge in [0.2, 0.25) is 0 Å². The Bertz CT molecular complexity index is 333. The Morgan fingerprint density at radius 3 is 2.42 bits per heavy atom. The van der Waals surface area contributed by atoms with Crippen molar-refractivity contribution in [2.24, 2.45) is 7.05 Å². The summed E-state index contributed by atoms with van der Waals surface area (Å²) < 4.78 is 1.33. The summed E-state index contributed by atoms with van der Waals surface area (Å²) in [4.78, 5) is 11.2. The van der Waals surface area contributed by atoms with Crippen LogP contribution in [0, 0.1) is 0 Å². The smallest absolute Gasteiger partial charge is 0.266 e. The van der Waals surface area contributed by atoms with Gasteiger partial charge in [0.1, 0.15) is 0 Å². The van der Waals surface area contributed by atoms with Crippen LogP contribution in [-0.4, -0.2) is 9.78 Å². The van der Waals surface area contributed by atoms with Gasteiger partial charge in [-0.25, -0.2) is 4.68 Å². The lowest BCUT2D eigenvalue weighted by molar-refractivity contribution is 0.572. The van der Waals surface area contributed by atoms with Gasteiger partial charge in [0, 0.05) is 13.1 Å². The highest BCUT2D eigenvalue weighted by atomic mass is 16.1. The maximum absolute atomic E-state index is 11.2. The number of aromatic nitrogens is 2. The van der Waals surface area contributed by atoms with Crippen molar-refractivity contribution in [2.45, 2.75) is 26.2 Å². The topological polar surface area (TPSA) is 34.9 Å². The van der Waals surface area contributed by atoms with Gasteiger partial charge in [-0.3, -0.25) is 4.79 Å². The van der Waals surface area contributed by atoms with Crippen LogP contribution in [0.3, 0.4) is 0 Å². The van der Waals surface area contributed by atoms with E-state index in [2.05, 4.69) is 25.9 Å². The quantitative estimate of drug-likeness (QED) is 0.578. The molecule has 0 aliphatic heterocycles. The molecule has 0 aliphatic carbocycles. The molecule has 1 rings (SSSR count). The van der Waals surface area contributed by atoms with E-state index in [0.717, 1.165) is 5.56 Å². The van der Waals surface area contributed by atoms with E-state index in [-0.39, 0.29) is 11.0 Å². The lowest BCUT2D eigenvalue weighted by Crippen LogP contribution is -2.23. The summed E-state index contributed by atoms with van der Waals surface area (Å²) in [5.74, 6) is 0. The summed E-state index contributed by atoms with van der Waals surface area (Å²) in [6.07, 6.45) is 1.74. The number of hydrogen-bond donors (Lipinski definition) is 0. The second kappa shape index (κ2) is 2.73. The third-order valence-corrected chi connectivity index (χ3v) is 1.83. The summed E-state index contributed by atoms with van der Waals surface area (Å²) in [7, 11) is 1.65. The van der Waals surface area contributed by atoms with Crippen LogP contribution >= 0.6 is 0 Å². The van der Waals surface area contributed by atoms with Crippen LogP contribution in [0.4, 0.5) is 0 Å². The standard InChI is InChI=1S/C9H14N2O/c1-9(2,3)7-5-8(12)11(4)10-6-7/h5-6H,1-4H3. The second-order valence-corrected chi connectivity index (χ2v) is 3.96. The SMILES string of the molecule is Cn1ncc(C(C)(C)C)cc1=O. The van der Waals surface area contributed by atoms with Crippen molar-refractivity contribution in [3.8, 4) is 0 Å². The Kier molecular flexibility index (Phi) is 2.04. The Morgan fingerprint density at radius 2 is 2.00 bits per heavy atom. The average molecular weight is 166 g/mol. The minimum Gasteiger partial charge on any atom is -0.268 e. The van der Waals surface area contributed by atoms with Gasteiger partial charge in [0.05, 0.1) is 6.20 Å². The molecule has 0 unspecified atom stereocenters. The fourth-order valence-electron chi connectivity index (χ4n) is 0.880. The van der Waals surface area contributed by atoms with E-state index < -0.39 is 0 Å². The molecule has 0 radical (unpaired) electrons. The van der Waals surface area contributed by atoms with Crippen LogP contribution in [0.5, 0.6) is 0 Å². The molecule has 3 nitrogen and oxygen atoms in total. The molecule has 3 heteroatoms. The van der Waals surface area contributed by atoms with Gasteiger partial charge in [-0.05, 0) is 11.0 Å². The third kappa shape index (κ3) is 1.72. The van der Waals surface area contributed by atoms with Crippen molar-refractivity contribution in [3.63, 3.8) is 0 Å². The Labute approximate surface area is 72.0 Å². The monoisotopic (exact) mass is 166 g/mol. The van der Waals surface area contributed by atoms with Crippen molar-refractivity contribution in [3.05, 3.63) is 28.2 Å². The van der Waals surface area contributed by atoms with Gasteiger partial charge in [0.25, 0.3) is 5.56 Å². The summed E-state index contributed by atoms with van der Waals surface area (Å²) in [6.45, 7) is 6.18. The molecule has 1 heterocycles. The normalized spacial score (nSPS) is 11.7. The molecular weight excluding hydrogens is 152 g/mol. The van der Waals surface area contributed by atoms with Crippen LogP contribution in [0.25, 0.3) is 0 Å². The first kappa shape index (κ1) is 8.97.